The largest absolute Gasteiger partial charge is 0.369 e. The molecule has 0 unspecified atom stereocenters. The van der Waals surface area contributed by atoms with Crippen molar-refractivity contribution in [1.82, 2.24) is 25.1 Å². The highest BCUT2D eigenvalue weighted by molar-refractivity contribution is 7.99. The van der Waals surface area contributed by atoms with Gasteiger partial charge in [-0.1, -0.05) is 38.6 Å². The van der Waals surface area contributed by atoms with Gasteiger partial charge in [0.2, 0.25) is 0 Å². The lowest BCUT2D eigenvalue weighted by atomic mass is 10.2. The molecule has 3 aromatic heterocycles. The van der Waals surface area contributed by atoms with Crippen LogP contribution in [0.5, 0.6) is 0 Å². The molecule has 0 fully saturated rings. The number of rotatable bonds is 10. The topological polar surface area (TPSA) is 84.7 Å². The highest BCUT2D eigenvalue weighted by Gasteiger charge is 2.14. The van der Waals surface area contributed by atoms with Gasteiger partial charge in [-0.05, 0) is 23.8 Å². The quantitative estimate of drug-likeness (QED) is 0.384. The number of hydrogen-bond acceptors (Lipinski definition) is 7. The molecule has 7 nitrogen and oxygen atoms in total. The van der Waals surface area contributed by atoms with Gasteiger partial charge in [-0.3, -0.25) is 4.79 Å². The van der Waals surface area contributed by atoms with E-state index in [0.717, 1.165) is 40.7 Å². The third kappa shape index (κ3) is 5.23. The van der Waals surface area contributed by atoms with Gasteiger partial charge in [-0.15, -0.1) is 11.3 Å². The third-order valence-electron chi connectivity index (χ3n) is 3.94. The van der Waals surface area contributed by atoms with Crippen LogP contribution in [-0.4, -0.2) is 44.5 Å². The van der Waals surface area contributed by atoms with Gasteiger partial charge in [0.05, 0.1) is 23.0 Å². The van der Waals surface area contributed by atoms with E-state index in [2.05, 4.69) is 41.5 Å². The number of thioether (sulfide) groups is 1. The molecule has 0 atom stereocenters. The number of nitrogens with one attached hydrogen (secondary N) is 2. The lowest BCUT2D eigenvalue weighted by Crippen LogP contribution is -2.26. The fraction of sp³-hybridized carbons (Fsp3) is 0.474. The first kappa shape index (κ1) is 20.6. The van der Waals surface area contributed by atoms with Gasteiger partial charge in [0.15, 0.2) is 10.8 Å². The van der Waals surface area contributed by atoms with Crippen LogP contribution in [0.15, 0.2) is 28.9 Å². The van der Waals surface area contributed by atoms with Crippen LogP contribution in [0.3, 0.4) is 0 Å². The molecule has 0 saturated heterocycles. The molecule has 0 aromatic carbocycles. The van der Waals surface area contributed by atoms with E-state index in [-0.39, 0.29) is 5.91 Å². The Morgan fingerprint density at radius 1 is 1.36 bits per heavy atom. The summed E-state index contributed by atoms with van der Waals surface area (Å²) in [5.41, 5.74) is 0.797. The Hall–Kier alpha value is -2.13. The maximum Gasteiger partial charge on any atom is 0.261 e. The van der Waals surface area contributed by atoms with Crippen molar-refractivity contribution in [1.29, 1.82) is 0 Å². The zero-order valence-corrected chi connectivity index (χ0v) is 18.1. The smallest absolute Gasteiger partial charge is 0.261 e. The Morgan fingerprint density at radius 2 is 2.21 bits per heavy atom. The van der Waals surface area contributed by atoms with Crippen molar-refractivity contribution in [3.63, 3.8) is 0 Å². The van der Waals surface area contributed by atoms with Gasteiger partial charge in [0.25, 0.3) is 5.91 Å². The van der Waals surface area contributed by atoms with Gasteiger partial charge < -0.3 is 10.6 Å². The molecule has 0 spiro atoms. The molecule has 3 aromatic rings. The van der Waals surface area contributed by atoms with Gasteiger partial charge in [-0.2, -0.15) is 5.10 Å². The molecule has 2 N–H and O–H groups in total. The Morgan fingerprint density at radius 3 is 2.93 bits per heavy atom. The second kappa shape index (κ2) is 9.88. The molecule has 0 aliphatic carbocycles. The summed E-state index contributed by atoms with van der Waals surface area (Å²) in [6.07, 6.45) is 2.86. The number of carbonyl (C=O) groups is 1. The van der Waals surface area contributed by atoms with Crippen molar-refractivity contribution in [2.75, 3.05) is 24.2 Å². The van der Waals surface area contributed by atoms with Gasteiger partial charge in [0, 0.05) is 18.8 Å². The molecular formula is C19H26N6OS2. The third-order valence-corrected chi connectivity index (χ3v) is 5.86. The summed E-state index contributed by atoms with van der Waals surface area (Å²) in [7, 11) is 0. The van der Waals surface area contributed by atoms with Crippen molar-refractivity contribution >= 4 is 45.9 Å². The lowest BCUT2D eigenvalue weighted by molar-refractivity contribution is 0.0956. The molecule has 0 aliphatic rings. The van der Waals surface area contributed by atoms with E-state index < -0.39 is 0 Å². The van der Waals surface area contributed by atoms with E-state index in [4.69, 9.17) is 4.98 Å². The highest BCUT2D eigenvalue weighted by Crippen LogP contribution is 2.25. The van der Waals surface area contributed by atoms with Crippen LogP contribution in [0, 0.1) is 5.92 Å². The summed E-state index contributed by atoms with van der Waals surface area (Å²) in [5, 5.41) is 14.4. The zero-order valence-electron chi connectivity index (χ0n) is 16.4. The Kier molecular flexibility index (Phi) is 7.27. The van der Waals surface area contributed by atoms with E-state index in [1.807, 2.05) is 22.2 Å². The average Bonchev–Trinajstić information content (AvgIpc) is 3.35. The Labute approximate surface area is 173 Å². The molecule has 3 rings (SSSR count). The molecular weight excluding hydrogens is 392 g/mol. The maximum absolute atomic E-state index is 12.1. The molecule has 0 aliphatic heterocycles. The molecule has 0 bridgehead atoms. The van der Waals surface area contributed by atoms with Crippen molar-refractivity contribution in [3.05, 3.63) is 28.6 Å². The van der Waals surface area contributed by atoms with Crippen LogP contribution in [0.2, 0.25) is 0 Å². The normalized spacial score (nSPS) is 11.3. The van der Waals surface area contributed by atoms with E-state index in [1.54, 1.807) is 18.0 Å². The van der Waals surface area contributed by atoms with Gasteiger partial charge >= 0.3 is 0 Å². The average molecular weight is 419 g/mol. The van der Waals surface area contributed by atoms with Crippen LogP contribution in [0.4, 0.5) is 5.82 Å². The Bertz CT molecular complexity index is 907. The summed E-state index contributed by atoms with van der Waals surface area (Å²) in [5.74, 6) is 2.25. The first-order valence-corrected chi connectivity index (χ1v) is 11.4. The molecule has 0 saturated carbocycles. The van der Waals surface area contributed by atoms with Gasteiger partial charge in [-0.25, -0.2) is 14.6 Å². The number of carbonyl (C=O) groups excluding carboxylic acids is 1. The number of nitrogens with zero attached hydrogens (tertiary/aromatic N) is 4. The summed E-state index contributed by atoms with van der Waals surface area (Å²) in [4.78, 5) is 22.2. The van der Waals surface area contributed by atoms with Crippen LogP contribution in [0.25, 0.3) is 11.0 Å². The zero-order chi connectivity index (χ0) is 19.9. The number of anilines is 1. The lowest BCUT2D eigenvalue weighted by Gasteiger charge is -2.11. The van der Waals surface area contributed by atoms with Crippen LogP contribution in [-0.2, 0) is 6.54 Å². The monoisotopic (exact) mass is 418 g/mol. The molecule has 28 heavy (non-hydrogen) atoms. The minimum Gasteiger partial charge on any atom is -0.369 e. The highest BCUT2D eigenvalue weighted by atomic mass is 32.2. The summed E-state index contributed by atoms with van der Waals surface area (Å²) in [6, 6.07) is 3.69. The van der Waals surface area contributed by atoms with Crippen LogP contribution in [0.1, 0.15) is 36.9 Å². The molecule has 150 valence electrons. The standard InChI is InChI=1S/C19H26N6OS2/c1-4-9-28-19-23-16(21-11-13(2)3)14-12-22-25(17(14)24-19)8-7-20-18(26)15-6-5-10-27-15/h5-6,10,12-13H,4,7-9,11H2,1-3H3,(H,20,26)(H,21,23,24). The van der Waals surface area contributed by atoms with Crippen LogP contribution < -0.4 is 10.6 Å². The van der Waals surface area contributed by atoms with E-state index in [9.17, 15) is 4.79 Å². The minimum absolute atomic E-state index is 0.0560. The predicted octanol–water partition coefficient (Wildman–Crippen LogP) is 3.89. The van der Waals surface area contributed by atoms with E-state index >= 15 is 0 Å². The SMILES string of the molecule is CCCSc1nc(NCC(C)C)c2cnn(CCNC(=O)c3cccs3)c2n1. The van der Waals surface area contributed by atoms with E-state index in [0.29, 0.717) is 23.9 Å². The second-order valence-corrected chi connectivity index (χ2v) is 8.83. The van der Waals surface area contributed by atoms with Crippen molar-refractivity contribution in [3.8, 4) is 0 Å². The summed E-state index contributed by atoms with van der Waals surface area (Å²) >= 11 is 3.09. The van der Waals surface area contributed by atoms with Crippen molar-refractivity contribution in [2.45, 2.75) is 38.9 Å². The fourth-order valence-electron chi connectivity index (χ4n) is 2.56. The molecule has 3 heterocycles. The number of fused-ring (bicyclic) bond motifs is 1. The number of thiophene rings is 1. The number of amides is 1. The fourth-order valence-corrected chi connectivity index (χ4v) is 3.90. The first-order chi connectivity index (χ1) is 13.6. The number of hydrogen-bond donors (Lipinski definition) is 2. The summed E-state index contributed by atoms with van der Waals surface area (Å²) < 4.78 is 1.84. The predicted molar refractivity (Wildman–Crippen MR) is 116 cm³/mol. The van der Waals surface area contributed by atoms with Crippen molar-refractivity contribution < 1.29 is 4.79 Å². The van der Waals surface area contributed by atoms with Crippen molar-refractivity contribution in [2.24, 2.45) is 5.92 Å². The molecule has 0 radical (unpaired) electrons. The number of aromatic nitrogens is 4. The van der Waals surface area contributed by atoms with E-state index in [1.165, 1.54) is 11.3 Å². The second-order valence-electron chi connectivity index (χ2n) is 6.82. The molecule has 9 heteroatoms. The molecule has 1 amide bonds. The maximum atomic E-state index is 12.1. The Balaban J connectivity index is 1.76. The summed E-state index contributed by atoms with van der Waals surface area (Å²) in [6.45, 7) is 8.36. The van der Waals surface area contributed by atoms with Gasteiger partial charge in [0.1, 0.15) is 5.82 Å². The van der Waals surface area contributed by atoms with Crippen LogP contribution >= 0.6 is 23.1 Å². The first-order valence-electron chi connectivity index (χ1n) is 9.50. The minimum atomic E-state index is -0.0560.